The van der Waals surface area contributed by atoms with Crippen LogP contribution in [0.2, 0.25) is 0 Å². The van der Waals surface area contributed by atoms with Crippen molar-refractivity contribution < 1.29 is 13.2 Å². The number of sulfonamides is 1. The van der Waals surface area contributed by atoms with Gasteiger partial charge in [-0.1, -0.05) is 36.4 Å². The van der Waals surface area contributed by atoms with Crippen LogP contribution in [0.4, 0.5) is 0 Å². The van der Waals surface area contributed by atoms with Gasteiger partial charge in [-0.05, 0) is 35.9 Å². The first-order valence-electron chi connectivity index (χ1n) is 10.0. The molecule has 162 valence electrons. The number of thiophene rings is 1. The molecule has 3 aromatic rings. The zero-order valence-corrected chi connectivity index (χ0v) is 18.4. The Kier molecular flexibility index (Phi) is 6.35. The van der Waals surface area contributed by atoms with Crippen molar-refractivity contribution in [3.8, 4) is 0 Å². The number of rotatable bonds is 7. The topological polar surface area (TPSA) is 88.5 Å². The number of nitrogens with one attached hydrogen (secondary N) is 1. The fourth-order valence-corrected chi connectivity index (χ4v) is 5.98. The van der Waals surface area contributed by atoms with E-state index in [0.717, 1.165) is 27.8 Å². The smallest absolute Gasteiger partial charge is 0.251 e. The van der Waals surface area contributed by atoms with E-state index < -0.39 is 15.6 Å². The SMILES string of the molecule is O=C(Cn1cc(S(=O)(=O)N2CCCC2)ccc1=O)NC(c1ccccc1)c1cccs1. The average Bonchev–Trinajstić information content (AvgIpc) is 3.49. The Hall–Kier alpha value is -2.75. The predicted molar refractivity (Wildman–Crippen MR) is 119 cm³/mol. The van der Waals surface area contributed by atoms with Crippen molar-refractivity contribution in [3.05, 3.63) is 87.0 Å². The number of hydrogen-bond acceptors (Lipinski definition) is 5. The van der Waals surface area contributed by atoms with Gasteiger partial charge in [0.25, 0.3) is 5.56 Å². The quantitative estimate of drug-likeness (QED) is 0.591. The van der Waals surface area contributed by atoms with Gasteiger partial charge in [-0.2, -0.15) is 4.31 Å². The van der Waals surface area contributed by atoms with E-state index in [-0.39, 0.29) is 23.4 Å². The van der Waals surface area contributed by atoms with Gasteiger partial charge in [0.2, 0.25) is 15.9 Å². The normalized spacial score (nSPS) is 15.6. The molecule has 1 unspecified atom stereocenters. The Balaban J connectivity index is 1.56. The molecule has 0 bridgehead atoms. The molecule has 7 nitrogen and oxygen atoms in total. The summed E-state index contributed by atoms with van der Waals surface area (Å²) in [5.41, 5.74) is 0.499. The van der Waals surface area contributed by atoms with Gasteiger partial charge in [-0.15, -0.1) is 11.3 Å². The Morgan fingerprint density at radius 2 is 1.77 bits per heavy atom. The van der Waals surface area contributed by atoms with Crippen molar-refractivity contribution in [2.24, 2.45) is 0 Å². The summed E-state index contributed by atoms with van der Waals surface area (Å²) in [4.78, 5) is 26.1. The lowest BCUT2D eigenvalue weighted by Gasteiger charge is -2.19. The molecule has 0 spiro atoms. The van der Waals surface area contributed by atoms with Gasteiger partial charge < -0.3 is 9.88 Å². The van der Waals surface area contributed by atoms with Crippen LogP contribution >= 0.6 is 11.3 Å². The first kappa shape index (κ1) is 21.5. The maximum atomic E-state index is 12.8. The van der Waals surface area contributed by atoms with Gasteiger partial charge in [0.1, 0.15) is 6.54 Å². The number of pyridine rings is 1. The third kappa shape index (κ3) is 4.79. The summed E-state index contributed by atoms with van der Waals surface area (Å²) in [5, 5.41) is 4.92. The van der Waals surface area contributed by atoms with Crippen LogP contribution in [0.15, 0.2) is 75.9 Å². The molecule has 3 heterocycles. The number of aromatic nitrogens is 1. The number of carbonyl (C=O) groups is 1. The lowest BCUT2D eigenvalue weighted by atomic mass is 10.1. The maximum absolute atomic E-state index is 12.8. The zero-order chi connectivity index (χ0) is 21.8. The molecule has 2 aromatic heterocycles. The molecule has 1 amide bonds. The molecular weight excluding hydrogens is 434 g/mol. The van der Waals surface area contributed by atoms with Crippen molar-refractivity contribution >= 4 is 27.3 Å². The summed E-state index contributed by atoms with van der Waals surface area (Å²) in [6.07, 6.45) is 2.91. The van der Waals surface area contributed by atoms with Crippen molar-refractivity contribution in [2.45, 2.75) is 30.3 Å². The van der Waals surface area contributed by atoms with Crippen LogP contribution in [-0.4, -0.2) is 36.3 Å². The van der Waals surface area contributed by atoms with E-state index >= 15 is 0 Å². The molecule has 1 aliphatic rings. The fraction of sp³-hybridized carbons (Fsp3) is 0.273. The molecule has 1 N–H and O–H groups in total. The number of nitrogens with zero attached hydrogens (tertiary/aromatic N) is 2. The molecule has 0 aliphatic carbocycles. The van der Waals surface area contributed by atoms with Crippen molar-refractivity contribution in [1.29, 1.82) is 0 Å². The Bertz CT molecular complexity index is 1200. The molecule has 0 radical (unpaired) electrons. The molecule has 4 rings (SSSR count). The van der Waals surface area contributed by atoms with Gasteiger partial charge in [-0.3, -0.25) is 9.59 Å². The molecule has 31 heavy (non-hydrogen) atoms. The van der Waals surface area contributed by atoms with Crippen LogP contribution in [-0.2, 0) is 21.4 Å². The zero-order valence-electron chi connectivity index (χ0n) is 16.8. The second-order valence-corrected chi connectivity index (χ2v) is 10.3. The van der Waals surface area contributed by atoms with Gasteiger partial charge in [0.15, 0.2) is 0 Å². The molecule has 1 aromatic carbocycles. The number of benzene rings is 1. The maximum Gasteiger partial charge on any atom is 0.251 e. The summed E-state index contributed by atoms with van der Waals surface area (Å²) in [7, 11) is -3.67. The summed E-state index contributed by atoms with van der Waals surface area (Å²) < 4.78 is 28.2. The summed E-state index contributed by atoms with van der Waals surface area (Å²) in [5.74, 6) is -0.375. The Morgan fingerprint density at radius 3 is 2.45 bits per heavy atom. The van der Waals surface area contributed by atoms with E-state index in [2.05, 4.69) is 5.32 Å². The minimum absolute atomic E-state index is 0.0275. The first-order chi connectivity index (χ1) is 14.9. The monoisotopic (exact) mass is 457 g/mol. The van der Waals surface area contributed by atoms with Crippen molar-refractivity contribution in [1.82, 2.24) is 14.2 Å². The Labute approximate surface area is 185 Å². The second kappa shape index (κ2) is 9.17. The standard InChI is InChI=1S/C22H23N3O4S2/c26-20(23-22(19-9-6-14-30-19)17-7-2-1-3-8-17)16-24-15-18(10-11-21(24)27)31(28,29)25-12-4-5-13-25/h1-3,6-11,14-15,22H,4-5,12-13,16H2,(H,23,26). The highest BCUT2D eigenvalue weighted by Gasteiger charge is 2.28. The first-order valence-corrected chi connectivity index (χ1v) is 12.4. The highest BCUT2D eigenvalue weighted by atomic mass is 32.2. The summed E-state index contributed by atoms with van der Waals surface area (Å²) >= 11 is 1.53. The molecule has 1 atom stereocenters. The Morgan fingerprint density at radius 1 is 1.03 bits per heavy atom. The van der Waals surface area contributed by atoms with Crippen LogP contribution in [0.25, 0.3) is 0 Å². The van der Waals surface area contributed by atoms with E-state index in [0.29, 0.717) is 13.1 Å². The minimum atomic E-state index is -3.67. The third-order valence-electron chi connectivity index (χ3n) is 5.24. The molecule has 1 aliphatic heterocycles. The highest BCUT2D eigenvalue weighted by molar-refractivity contribution is 7.89. The van der Waals surface area contributed by atoms with Gasteiger partial charge in [-0.25, -0.2) is 8.42 Å². The molecule has 9 heteroatoms. The van der Waals surface area contributed by atoms with E-state index in [1.165, 1.54) is 34.0 Å². The van der Waals surface area contributed by atoms with Gasteiger partial charge in [0, 0.05) is 30.2 Å². The van der Waals surface area contributed by atoms with Crippen LogP contribution in [0.5, 0.6) is 0 Å². The second-order valence-electron chi connectivity index (χ2n) is 7.37. The van der Waals surface area contributed by atoms with Gasteiger partial charge >= 0.3 is 0 Å². The van der Waals surface area contributed by atoms with Crippen molar-refractivity contribution in [3.63, 3.8) is 0 Å². The van der Waals surface area contributed by atoms with Crippen LogP contribution in [0.1, 0.15) is 29.3 Å². The summed E-state index contributed by atoms with van der Waals surface area (Å²) in [6, 6.07) is 15.6. The fourth-order valence-electron chi connectivity index (χ4n) is 3.64. The molecule has 1 saturated heterocycles. The van der Waals surface area contributed by atoms with E-state index in [1.807, 2.05) is 47.8 Å². The van der Waals surface area contributed by atoms with Crippen LogP contribution in [0.3, 0.4) is 0 Å². The summed E-state index contributed by atoms with van der Waals surface area (Å²) in [6.45, 7) is 0.680. The van der Waals surface area contributed by atoms with E-state index in [4.69, 9.17) is 0 Å². The highest BCUT2D eigenvalue weighted by Crippen LogP contribution is 2.26. The molecular formula is C22H23N3O4S2. The lowest BCUT2D eigenvalue weighted by molar-refractivity contribution is -0.122. The third-order valence-corrected chi connectivity index (χ3v) is 8.06. The lowest BCUT2D eigenvalue weighted by Crippen LogP contribution is -2.35. The molecule has 0 saturated carbocycles. The number of amides is 1. The van der Waals surface area contributed by atoms with Crippen molar-refractivity contribution in [2.75, 3.05) is 13.1 Å². The van der Waals surface area contributed by atoms with E-state index in [9.17, 15) is 18.0 Å². The van der Waals surface area contributed by atoms with Crippen LogP contribution in [0, 0.1) is 0 Å². The number of hydrogen-bond donors (Lipinski definition) is 1. The average molecular weight is 458 g/mol. The largest absolute Gasteiger partial charge is 0.343 e. The minimum Gasteiger partial charge on any atom is -0.343 e. The molecule has 1 fully saturated rings. The van der Waals surface area contributed by atoms with E-state index in [1.54, 1.807) is 0 Å². The number of carbonyl (C=O) groups excluding carboxylic acids is 1. The predicted octanol–water partition coefficient (Wildman–Crippen LogP) is 2.60. The van der Waals surface area contributed by atoms with Crippen LogP contribution < -0.4 is 10.9 Å². The van der Waals surface area contributed by atoms with Gasteiger partial charge in [0.05, 0.1) is 10.9 Å².